The highest BCUT2D eigenvalue weighted by Gasteiger charge is 2.33. The molecule has 0 amide bonds. The van der Waals surface area contributed by atoms with Crippen LogP contribution in [0, 0.1) is 0 Å². The second kappa shape index (κ2) is 6.46. The Bertz CT molecular complexity index is 733. The van der Waals surface area contributed by atoms with E-state index < -0.39 is 10.0 Å². The van der Waals surface area contributed by atoms with Crippen LogP contribution in [0.15, 0.2) is 33.6 Å². The molecular formula is C17H23N3O3S. The molecule has 4 rings (SSSR count). The molecule has 3 heterocycles. The summed E-state index contributed by atoms with van der Waals surface area (Å²) in [5.41, 5.74) is 0.738. The van der Waals surface area contributed by atoms with E-state index >= 15 is 0 Å². The van der Waals surface area contributed by atoms with Crippen LogP contribution in [0.1, 0.15) is 24.8 Å². The molecule has 2 fully saturated rings. The predicted molar refractivity (Wildman–Crippen MR) is 91.8 cm³/mol. The Kier molecular flexibility index (Phi) is 4.32. The summed E-state index contributed by atoms with van der Waals surface area (Å²) in [7, 11) is -3.53. The van der Waals surface area contributed by atoms with Gasteiger partial charge in [-0.15, -0.1) is 4.40 Å². The van der Waals surface area contributed by atoms with Gasteiger partial charge in [-0.1, -0.05) is 12.1 Å². The molecule has 0 N–H and O–H groups in total. The third-order valence-corrected chi connectivity index (χ3v) is 6.35. The van der Waals surface area contributed by atoms with Crippen molar-refractivity contribution in [2.75, 3.05) is 39.3 Å². The molecule has 130 valence electrons. The van der Waals surface area contributed by atoms with Gasteiger partial charge in [-0.2, -0.15) is 8.42 Å². The molecule has 3 aliphatic heterocycles. The minimum atomic E-state index is -3.53. The van der Waals surface area contributed by atoms with Gasteiger partial charge in [0.25, 0.3) is 10.0 Å². The summed E-state index contributed by atoms with van der Waals surface area (Å²) in [6, 6.07) is 7.10. The lowest BCUT2D eigenvalue weighted by atomic mass is 10.1. The van der Waals surface area contributed by atoms with Crippen molar-refractivity contribution in [3.8, 4) is 0 Å². The van der Waals surface area contributed by atoms with Gasteiger partial charge >= 0.3 is 0 Å². The highest BCUT2D eigenvalue weighted by Crippen LogP contribution is 2.28. The Balaban J connectivity index is 1.41. The molecule has 24 heavy (non-hydrogen) atoms. The maximum atomic E-state index is 12.2. The van der Waals surface area contributed by atoms with Gasteiger partial charge < -0.3 is 9.64 Å². The number of fused-ring (bicyclic) bond motifs is 1. The lowest BCUT2D eigenvalue weighted by molar-refractivity contribution is -0.0107. The highest BCUT2D eigenvalue weighted by molar-refractivity contribution is 7.90. The smallest absolute Gasteiger partial charge is 0.285 e. The summed E-state index contributed by atoms with van der Waals surface area (Å²) in [4.78, 5) is 4.85. The number of benzene rings is 1. The molecule has 3 aliphatic rings. The SMILES string of the molecule is O=S1(=O)N=C(N2CCN(C[C@H]3CCCCO3)CC2)c2ccccc21. The Morgan fingerprint density at radius 3 is 2.67 bits per heavy atom. The largest absolute Gasteiger partial charge is 0.377 e. The van der Waals surface area contributed by atoms with Crippen molar-refractivity contribution in [3.05, 3.63) is 29.8 Å². The first-order chi connectivity index (χ1) is 11.6. The molecule has 0 aromatic heterocycles. The van der Waals surface area contributed by atoms with Crippen LogP contribution in [0.2, 0.25) is 0 Å². The van der Waals surface area contributed by atoms with Crippen LogP contribution in [-0.2, 0) is 14.8 Å². The first-order valence-electron chi connectivity index (χ1n) is 8.67. The molecule has 7 heteroatoms. The molecule has 0 bridgehead atoms. The zero-order valence-electron chi connectivity index (χ0n) is 13.7. The number of sulfonamides is 1. The summed E-state index contributed by atoms with van der Waals surface area (Å²) >= 11 is 0. The molecule has 1 aromatic rings. The number of ether oxygens (including phenoxy) is 1. The van der Waals surface area contributed by atoms with Crippen LogP contribution >= 0.6 is 0 Å². The van der Waals surface area contributed by atoms with Gasteiger partial charge in [0.15, 0.2) is 5.84 Å². The maximum Gasteiger partial charge on any atom is 0.285 e. The van der Waals surface area contributed by atoms with Gasteiger partial charge in [-0.25, -0.2) is 0 Å². The fourth-order valence-corrected chi connectivity index (χ4v) is 4.93. The Labute approximate surface area is 143 Å². The Hall–Kier alpha value is -1.44. The molecular weight excluding hydrogens is 326 g/mol. The average molecular weight is 349 g/mol. The third kappa shape index (κ3) is 3.08. The quantitative estimate of drug-likeness (QED) is 0.806. The molecule has 6 nitrogen and oxygen atoms in total. The predicted octanol–water partition coefficient (Wildman–Crippen LogP) is 1.32. The normalized spacial score (nSPS) is 26.9. The number of nitrogens with zero attached hydrogens (tertiary/aromatic N) is 3. The van der Waals surface area contributed by atoms with Crippen molar-refractivity contribution in [1.82, 2.24) is 9.80 Å². The topological polar surface area (TPSA) is 62.2 Å². The van der Waals surface area contributed by atoms with E-state index in [-0.39, 0.29) is 0 Å². The van der Waals surface area contributed by atoms with Crippen LogP contribution in [0.4, 0.5) is 0 Å². The number of piperazine rings is 1. The van der Waals surface area contributed by atoms with E-state index in [0.29, 0.717) is 16.8 Å². The molecule has 0 aliphatic carbocycles. The van der Waals surface area contributed by atoms with Gasteiger partial charge in [-0.3, -0.25) is 4.90 Å². The van der Waals surface area contributed by atoms with Crippen molar-refractivity contribution < 1.29 is 13.2 Å². The second-order valence-electron chi connectivity index (χ2n) is 6.66. The van der Waals surface area contributed by atoms with Crippen LogP contribution < -0.4 is 0 Å². The molecule has 0 saturated carbocycles. The molecule has 1 aromatic carbocycles. The van der Waals surface area contributed by atoms with Gasteiger partial charge in [-0.05, 0) is 31.4 Å². The van der Waals surface area contributed by atoms with E-state index in [1.54, 1.807) is 12.1 Å². The third-order valence-electron chi connectivity index (χ3n) is 5.02. The molecule has 2 saturated heterocycles. The van der Waals surface area contributed by atoms with Gasteiger partial charge in [0, 0.05) is 44.9 Å². The molecule has 0 unspecified atom stereocenters. The number of rotatable bonds is 2. The fourth-order valence-electron chi connectivity index (χ4n) is 3.70. The van der Waals surface area contributed by atoms with Crippen molar-refractivity contribution in [2.45, 2.75) is 30.3 Å². The molecule has 0 spiro atoms. The van der Waals surface area contributed by atoms with Crippen molar-refractivity contribution >= 4 is 15.9 Å². The number of hydrogen-bond donors (Lipinski definition) is 0. The first-order valence-corrected chi connectivity index (χ1v) is 10.1. The van der Waals surface area contributed by atoms with E-state index in [0.717, 1.165) is 51.3 Å². The van der Waals surface area contributed by atoms with E-state index in [1.165, 1.54) is 12.8 Å². The molecule has 1 atom stereocenters. The number of hydrogen-bond acceptors (Lipinski definition) is 5. The Morgan fingerprint density at radius 2 is 1.92 bits per heavy atom. The second-order valence-corrected chi connectivity index (χ2v) is 8.23. The van der Waals surface area contributed by atoms with Crippen molar-refractivity contribution in [2.24, 2.45) is 4.40 Å². The van der Waals surface area contributed by atoms with Crippen LogP contribution in [0.5, 0.6) is 0 Å². The van der Waals surface area contributed by atoms with Gasteiger partial charge in [0.1, 0.15) is 4.90 Å². The number of amidine groups is 1. The minimum absolute atomic E-state index is 0.332. The average Bonchev–Trinajstić information content (AvgIpc) is 2.88. The summed E-state index contributed by atoms with van der Waals surface area (Å²) in [5, 5.41) is 0. The van der Waals surface area contributed by atoms with E-state index in [2.05, 4.69) is 14.2 Å². The maximum absolute atomic E-state index is 12.2. The summed E-state index contributed by atoms with van der Waals surface area (Å²) < 4.78 is 34.2. The van der Waals surface area contributed by atoms with Crippen LogP contribution in [0.25, 0.3) is 0 Å². The first kappa shape index (κ1) is 16.1. The van der Waals surface area contributed by atoms with Crippen molar-refractivity contribution in [3.63, 3.8) is 0 Å². The van der Waals surface area contributed by atoms with Gasteiger partial charge in [0.05, 0.1) is 6.10 Å². The Morgan fingerprint density at radius 1 is 1.12 bits per heavy atom. The standard InChI is InChI=1S/C17H23N3O3S/c21-24(22)16-7-2-1-6-15(16)17(18-24)20-10-8-19(9-11-20)13-14-5-3-4-12-23-14/h1-2,6-7,14H,3-5,8-13H2/t14-/m1/s1. The van der Waals surface area contributed by atoms with Crippen molar-refractivity contribution in [1.29, 1.82) is 0 Å². The van der Waals surface area contributed by atoms with Gasteiger partial charge in [0.2, 0.25) is 0 Å². The molecule has 0 radical (unpaired) electrons. The minimum Gasteiger partial charge on any atom is -0.377 e. The monoisotopic (exact) mass is 349 g/mol. The summed E-state index contributed by atoms with van der Waals surface area (Å²) in [6.45, 7) is 5.30. The zero-order valence-corrected chi connectivity index (χ0v) is 14.5. The van der Waals surface area contributed by atoms with Crippen LogP contribution in [-0.4, -0.2) is 69.5 Å². The lowest BCUT2D eigenvalue weighted by Crippen LogP contribution is -2.50. The van der Waals surface area contributed by atoms with E-state index in [1.807, 2.05) is 12.1 Å². The zero-order chi connectivity index (χ0) is 16.6. The summed E-state index contributed by atoms with van der Waals surface area (Å²) in [5.74, 6) is 0.610. The van der Waals surface area contributed by atoms with E-state index in [4.69, 9.17) is 4.74 Å². The van der Waals surface area contributed by atoms with Crippen LogP contribution in [0.3, 0.4) is 0 Å². The summed E-state index contributed by atoms with van der Waals surface area (Å²) in [6.07, 6.45) is 3.95. The highest BCUT2D eigenvalue weighted by atomic mass is 32.2. The lowest BCUT2D eigenvalue weighted by Gasteiger charge is -2.37. The van der Waals surface area contributed by atoms with E-state index in [9.17, 15) is 8.42 Å². The fraction of sp³-hybridized carbons (Fsp3) is 0.588.